The summed E-state index contributed by atoms with van der Waals surface area (Å²) >= 11 is 0. The van der Waals surface area contributed by atoms with Crippen LogP contribution in [-0.2, 0) is 0 Å². The van der Waals surface area contributed by atoms with Crippen molar-refractivity contribution in [2.75, 3.05) is 40.3 Å². The van der Waals surface area contributed by atoms with Crippen LogP contribution in [0.2, 0.25) is 0 Å². The van der Waals surface area contributed by atoms with Crippen LogP contribution in [0.1, 0.15) is 39.5 Å². The summed E-state index contributed by atoms with van der Waals surface area (Å²) in [4.78, 5) is 9.75. The van der Waals surface area contributed by atoms with Gasteiger partial charge in [0.1, 0.15) is 0 Å². The zero-order chi connectivity index (χ0) is 14.5. The molecular weight excluding hydrogens is 375 g/mol. The maximum atomic E-state index is 4.94. The Balaban J connectivity index is 0.00000220. The Morgan fingerprint density at radius 2 is 2.05 bits per heavy atom. The number of halogens is 1. The zero-order valence-corrected chi connectivity index (χ0v) is 16.5. The van der Waals surface area contributed by atoms with E-state index in [1.54, 1.807) is 0 Å². The maximum absolute atomic E-state index is 4.94. The Hall–Kier alpha value is -0.0400. The number of piperidine rings is 1. The van der Waals surface area contributed by atoms with E-state index in [4.69, 9.17) is 4.99 Å². The molecule has 1 aliphatic heterocycles. The van der Waals surface area contributed by atoms with Crippen molar-refractivity contribution in [2.45, 2.75) is 45.6 Å². The van der Waals surface area contributed by atoms with Gasteiger partial charge in [-0.25, -0.2) is 0 Å². The van der Waals surface area contributed by atoms with Crippen LogP contribution in [0.5, 0.6) is 0 Å². The molecule has 1 saturated carbocycles. The van der Waals surface area contributed by atoms with E-state index in [0.29, 0.717) is 6.04 Å². The van der Waals surface area contributed by atoms with Crippen molar-refractivity contribution in [3.8, 4) is 0 Å². The first kappa shape index (κ1) is 19.0. The second kappa shape index (κ2) is 9.18. The molecule has 1 aliphatic carbocycles. The van der Waals surface area contributed by atoms with Gasteiger partial charge in [-0.3, -0.25) is 4.99 Å². The van der Waals surface area contributed by atoms with E-state index < -0.39 is 0 Å². The molecule has 0 aromatic heterocycles. The molecule has 21 heavy (non-hydrogen) atoms. The number of likely N-dealkylation sites (tertiary alicyclic amines) is 1. The molecule has 2 fully saturated rings. The van der Waals surface area contributed by atoms with Gasteiger partial charge in [0.2, 0.25) is 0 Å². The lowest BCUT2D eigenvalue weighted by Crippen LogP contribution is -2.47. The molecule has 0 aromatic carbocycles. The van der Waals surface area contributed by atoms with Gasteiger partial charge in [-0.1, -0.05) is 6.92 Å². The monoisotopic (exact) mass is 408 g/mol. The summed E-state index contributed by atoms with van der Waals surface area (Å²) in [6.45, 7) is 8.72. The highest BCUT2D eigenvalue weighted by Crippen LogP contribution is 2.34. The van der Waals surface area contributed by atoms with Crippen LogP contribution in [0, 0.1) is 11.8 Å². The number of aliphatic imine (C=N–C) groups is 1. The molecule has 0 spiro atoms. The lowest BCUT2D eigenvalue weighted by molar-refractivity contribution is 0.257. The number of hydrogen-bond donors (Lipinski definition) is 1. The van der Waals surface area contributed by atoms with Crippen LogP contribution in [0.4, 0.5) is 0 Å². The van der Waals surface area contributed by atoms with E-state index in [2.05, 4.69) is 43.1 Å². The molecule has 1 saturated heterocycles. The number of hydrogen-bond acceptors (Lipinski definition) is 2. The summed E-state index contributed by atoms with van der Waals surface area (Å²) in [5.41, 5.74) is 0. The minimum atomic E-state index is 0. The van der Waals surface area contributed by atoms with Gasteiger partial charge in [-0.2, -0.15) is 0 Å². The van der Waals surface area contributed by atoms with E-state index in [1.165, 1.54) is 25.7 Å². The topological polar surface area (TPSA) is 30.9 Å². The molecule has 2 rings (SSSR count). The fourth-order valence-electron chi connectivity index (χ4n) is 3.20. The van der Waals surface area contributed by atoms with E-state index in [9.17, 15) is 0 Å². The smallest absolute Gasteiger partial charge is 0.193 e. The maximum Gasteiger partial charge on any atom is 0.193 e. The molecule has 1 heterocycles. The van der Waals surface area contributed by atoms with Crippen LogP contribution >= 0.6 is 24.0 Å². The third-order valence-electron chi connectivity index (χ3n) is 4.55. The molecule has 2 aliphatic rings. The second-order valence-corrected chi connectivity index (χ2v) is 6.76. The van der Waals surface area contributed by atoms with Crippen LogP contribution in [0.25, 0.3) is 0 Å². The number of likely N-dealkylation sites (N-methyl/N-ethyl adjacent to an activating group) is 1. The summed E-state index contributed by atoms with van der Waals surface area (Å²) in [6.07, 6.45) is 5.43. The zero-order valence-electron chi connectivity index (χ0n) is 14.1. The first-order valence-corrected chi connectivity index (χ1v) is 8.31. The fraction of sp³-hybridized carbons (Fsp3) is 0.938. The van der Waals surface area contributed by atoms with Gasteiger partial charge in [-0.15, -0.1) is 24.0 Å². The molecule has 4 nitrogen and oxygen atoms in total. The molecule has 0 radical (unpaired) electrons. The first-order valence-electron chi connectivity index (χ1n) is 8.31. The molecule has 124 valence electrons. The van der Waals surface area contributed by atoms with Gasteiger partial charge in [-0.05, 0) is 58.5 Å². The van der Waals surface area contributed by atoms with Crippen molar-refractivity contribution < 1.29 is 0 Å². The van der Waals surface area contributed by atoms with Gasteiger partial charge in [0.15, 0.2) is 5.96 Å². The van der Waals surface area contributed by atoms with Crippen molar-refractivity contribution in [1.82, 2.24) is 15.1 Å². The number of nitrogens with zero attached hydrogens (tertiary/aromatic N) is 3. The molecule has 2 unspecified atom stereocenters. The van der Waals surface area contributed by atoms with Crippen LogP contribution < -0.4 is 5.32 Å². The van der Waals surface area contributed by atoms with Crippen LogP contribution in [0.15, 0.2) is 4.99 Å². The quantitative estimate of drug-likeness (QED) is 0.431. The van der Waals surface area contributed by atoms with Crippen molar-refractivity contribution in [1.29, 1.82) is 0 Å². The standard InChI is InChI=1S/C16H32N4.HI/c1-5-17-16(20-10-6-7-13(2)12-20)18-11-15(19(3)4)14-8-9-14;/h13-15H,5-12H2,1-4H3,(H,17,18);1H. The minimum Gasteiger partial charge on any atom is -0.357 e. The molecule has 0 aromatic rings. The average Bonchev–Trinajstić information content (AvgIpc) is 3.22. The summed E-state index contributed by atoms with van der Waals surface area (Å²) < 4.78 is 0. The predicted octanol–water partition coefficient (Wildman–Crippen LogP) is 2.64. The third-order valence-corrected chi connectivity index (χ3v) is 4.55. The van der Waals surface area contributed by atoms with Gasteiger partial charge in [0.25, 0.3) is 0 Å². The summed E-state index contributed by atoms with van der Waals surface area (Å²) in [5.74, 6) is 2.80. The molecule has 0 bridgehead atoms. The molecule has 0 amide bonds. The highest BCUT2D eigenvalue weighted by Gasteiger charge is 2.32. The normalized spacial score (nSPS) is 24.7. The highest BCUT2D eigenvalue weighted by molar-refractivity contribution is 14.0. The van der Waals surface area contributed by atoms with Crippen molar-refractivity contribution in [3.05, 3.63) is 0 Å². The second-order valence-electron chi connectivity index (χ2n) is 6.76. The first-order chi connectivity index (χ1) is 9.61. The molecule has 2 atom stereocenters. The Morgan fingerprint density at radius 1 is 1.33 bits per heavy atom. The largest absolute Gasteiger partial charge is 0.357 e. The third kappa shape index (κ3) is 5.93. The lowest BCUT2D eigenvalue weighted by Gasteiger charge is -2.34. The van der Waals surface area contributed by atoms with E-state index in [-0.39, 0.29) is 24.0 Å². The lowest BCUT2D eigenvalue weighted by atomic mass is 10.0. The Morgan fingerprint density at radius 3 is 2.57 bits per heavy atom. The Bertz CT molecular complexity index is 326. The summed E-state index contributed by atoms with van der Waals surface area (Å²) in [6, 6.07) is 0.617. The van der Waals surface area contributed by atoms with Crippen LogP contribution in [-0.4, -0.2) is 62.1 Å². The Kier molecular flexibility index (Phi) is 8.31. The Labute approximate surface area is 147 Å². The summed E-state index contributed by atoms with van der Waals surface area (Å²) in [5, 5.41) is 3.48. The predicted molar refractivity (Wildman–Crippen MR) is 102 cm³/mol. The number of guanidine groups is 1. The molecule has 1 N–H and O–H groups in total. The molecule has 5 heteroatoms. The van der Waals surface area contributed by atoms with Crippen molar-refractivity contribution in [3.63, 3.8) is 0 Å². The van der Waals surface area contributed by atoms with Crippen LogP contribution in [0.3, 0.4) is 0 Å². The van der Waals surface area contributed by atoms with E-state index in [1.807, 2.05) is 0 Å². The molecular formula is C16H33IN4. The van der Waals surface area contributed by atoms with Crippen molar-refractivity contribution >= 4 is 29.9 Å². The van der Waals surface area contributed by atoms with Crippen molar-refractivity contribution in [2.24, 2.45) is 16.8 Å². The van der Waals surface area contributed by atoms with Gasteiger partial charge < -0.3 is 15.1 Å². The summed E-state index contributed by atoms with van der Waals surface area (Å²) in [7, 11) is 4.38. The minimum absolute atomic E-state index is 0. The average molecular weight is 408 g/mol. The van der Waals surface area contributed by atoms with E-state index >= 15 is 0 Å². The fourth-order valence-corrected chi connectivity index (χ4v) is 3.20. The highest BCUT2D eigenvalue weighted by atomic mass is 127. The van der Waals surface area contributed by atoms with Gasteiger partial charge >= 0.3 is 0 Å². The number of nitrogens with one attached hydrogen (secondary N) is 1. The SMILES string of the molecule is CCNC(=NCC(C1CC1)N(C)C)N1CCCC(C)C1.I. The number of rotatable bonds is 5. The van der Waals surface area contributed by atoms with Gasteiger partial charge in [0, 0.05) is 25.7 Å². The van der Waals surface area contributed by atoms with E-state index in [0.717, 1.165) is 44.0 Å². The van der Waals surface area contributed by atoms with Gasteiger partial charge in [0.05, 0.1) is 6.54 Å².